The summed E-state index contributed by atoms with van der Waals surface area (Å²) < 4.78 is 0. The van der Waals surface area contributed by atoms with Crippen LogP contribution >= 0.6 is 0 Å². The van der Waals surface area contributed by atoms with Crippen LogP contribution in [0.4, 0.5) is 0 Å². The fraction of sp³-hybridized carbons (Fsp3) is 0.714. The molecule has 1 aliphatic rings. The van der Waals surface area contributed by atoms with Crippen molar-refractivity contribution < 1.29 is 0 Å². The van der Waals surface area contributed by atoms with E-state index in [2.05, 4.69) is 53.7 Å². The molecule has 1 heteroatoms. The average molecular weight is 207 g/mol. The number of hydrogen-bond acceptors (Lipinski definition) is 1. The second kappa shape index (κ2) is 3.70. The van der Waals surface area contributed by atoms with E-state index in [-0.39, 0.29) is 5.41 Å². The molecule has 2 N–H and O–H groups in total. The molecule has 0 aromatic carbocycles. The fourth-order valence-corrected chi connectivity index (χ4v) is 1.86. The zero-order chi connectivity index (χ0) is 11.9. The molecule has 0 aromatic rings. The SMILES string of the molecule is CC(C)(C)C1=CC(C(C)(C)C)CC(N)=C1. The Labute approximate surface area is 94.4 Å². The molecule has 0 aromatic heterocycles. The lowest BCUT2D eigenvalue weighted by molar-refractivity contribution is 0.283. The third-order valence-electron chi connectivity index (χ3n) is 3.16. The lowest BCUT2D eigenvalue weighted by atomic mass is 9.71. The number of allylic oxidation sites excluding steroid dienone is 4. The Bertz CT molecular complexity index is 294. The average Bonchev–Trinajstić information content (AvgIpc) is 1.99. The molecular formula is C14H25N. The minimum absolute atomic E-state index is 0.203. The van der Waals surface area contributed by atoms with Crippen molar-refractivity contribution in [3.63, 3.8) is 0 Å². The molecule has 1 rings (SSSR count). The van der Waals surface area contributed by atoms with E-state index in [0.717, 1.165) is 12.1 Å². The standard InChI is InChI=1S/C14H25N/c1-13(2,3)10-7-11(14(4,5)6)9-12(15)8-10/h7-8,11H,9,15H2,1-6H3. The molecule has 0 bridgehead atoms. The van der Waals surface area contributed by atoms with Gasteiger partial charge in [-0.3, -0.25) is 0 Å². The van der Waals surface area contributed by atoms with E-state index in [0.29, 0.717) is 11.3 Å². The van der Waals surface area contributed by atoms with Crippen molar-refractivity contribution >= 4 is 0 Å². The van der Waals surface area contributed by atoms with Crippen molar-refractivity contribution in [2.45, 2.75) is 48.0 Å². The van der Waals surface area contributed by atoms with Gasteiger partial charge >= 0.3 is 0 Å². The topological polar surface area (TPSA) is 26.0 Å². The van der Waals surface area contributed by atoms with E-state index in [1.807, 2.05) is 0 Å². The van der Waals surface area contributed by atoms with Crippen LogP contribution in [-0.4, -0.2) is 0 Å². The Kier molecular flexibility index (Phi) is 3.04. The van der Waals surface area contributed by atoms with Gasteiger partial charge in [0.05, 0.1) is 0 Å². The normalized spacial score (nSPS) is 23.5. The van der Waals surface area contributed by atoms with Gasteiger partial charge in [-0.05, 0) is 34.8 Å². The number of rotatable bonds is 0. The summed E-state index contributed by atoms with van der Waals surface area (Å²) in [6.07, 6.45) is 5.57. The number of hydrogen-bond donors (Lipinski definition) is 1. The van der Waals surface area contributed by atoms with Crippen LogP contribution in [0.3, 0.4) is 0 Å². The van der Waals surface area contributed by atoms with Crippen LogP contribution in [0.15, 0.2) is 23.4 Å². The van der Waals surface area contributed by atoms with Gasteiger partial charge in [-0.1, -0.05) is 47.6 Å². The summed E-state index contributed by atoms with van der Waals surface area (Å²) in [5, 5.41) is 0. The van der Waals surface area contributed by atoms with E-state index in [4.69, 9.17) is 5.73 Å². The van der Waals surface area contributed by atoms with E-state index < -0.39 is 0 Å². The maximum atomic E-state index is 6.03. The van der Waals surface area contributed by atoms with Crippen molar-refractivity contribution in [1.29, 1.82) is 0 Å². The second-order valence-corrected chi connectivity index (χ2v) is 6.77. The molecule has 86 valence electrons. The van der Waals surface area contributed by atoms with E-state index in [9.17, 15) is 0 Å². The van der Waals surface area contributed by atoms with Gasteiger partial charge in [-0.15, -0.1) is 0 Å². The molecule has 1 unspecified atom stereocenters. The predicted molar refractivity (Wildman–Crippen MR) is 67.4 cm³/mol. The molecule has 0 amide bonds. The van der Waals surface area contributed by atoms with Crippen LogP contribution in [0, 0.1) is 16.7 Å². The van der Waals surface area contributed by atoms with Crippen LogP contribution < -0.4 is 5.73 Å². The van der Waals surface area contributed by atoms with Gasteiger partial charge in [0, 0.05) is 5.70 Å². The monoisotopic (exact) mass is 207 g/mol. The van der Waals surface area contributed by atoms with E-state index in [1.54, 1.807) is 0 Å². The zero-order valence-corrected chi connectivity index (χ0v) is 11.0. The van der Waals surface area contributed by atoms with Crippen molar-refractivity contribution in [2.24, 2.45) is 22.5 Å². The van der Waals surface area contributed by atoms with Gasteiger partial charge < -0.3 is 5.73 Å². The van der Waals surface area contributed by atoms with Crippen LogP contribution in [0.25, 0.3) is 0 Å². The van der Waals surface area contributed by atoms with Gasteiger partial charge in [0.15, 0.2) is 0 Å². The van der Waals surface area contributed by atoms with Crippen LogP contribution in [0.1, 0.15) is 48.0 Å². The molecule has 15 heavy (non-hydrogen) atoms. The Balaban J connectivity index is 3.02. The molecule has 0 heterocycles. The van der Waals surface area contributed by atoms with Gasteiger partial charge in [-0.25, -0.2) is 0 Å². The molecular weight excluding hydrogens is 182 g/mol. The number of nitrogens with two attached hydrogens (primary N) is 1. The summed E-state index contributed by atoms with van der Waals surface area (Å²) in [6, 6.07) is 0. The van der Waals surface area contributed by atoms with Crippen LogP contribution in [0.5, 0.6) is 0 Å². The highest BCUT2D eigenvalue weighted by Crippen LogP contribution is 2.39. The highest BCUT2D eigenvalue weighted by atomic mass is 14.6. The Hall–Kier alpha value is -0.720. The summed E-state index contributed by atoms with van der Waals surface area (Å²) in [7, 11) is 0. The Morgan fingerprint density at radius 2 is 1.67 bits per heavy atom. The largest absolute Gasteiger partial charge is 0.402 e. The summed E-state index contributed by atoms with van der Waals surface area (Å²) in [6.45, 7) is 13.6. The van der Waals surface area contributed by atoms with Crippen molar-refractivity contribution in [2.75, 3.05) is 0 Å². The Morgan fingerprint density at radius 1 is 1.13 bits per heavy atom. The van der Waals surface area contributed by atoms with Gasteiger partial charge in [-0.2, -0.15) is 0 Å². The van der Waals surface area contributed by atoms with Gasteiger partial charge in [0.1, 0.15) is 0 Å². The third kappa shape index (κ3) is 3.12. The second-order valence-electron chi connectivity index (χ2n) is 6.77. The first-order valence-electron chi connectivity index (χ1n) is 5.79. The minimum Gasteiger partial charge on any atom is -0.402 e. The van der Waals surface area contributed by atoms with Crippen molar-refractivity contribution in [1.82, 2.24) is 0 Å². The zero-order valence-electron chi connectivity index (χ0n) is 11.0. The smallest absolute Gasteiger partial charge is 0.00894 e. The van der Waals surface area contributed by atoms with E-state index >= 15 is 0 Å². The van der Waals surface area contributed by atoms with Gasteiger partial charge in [0.25, 0.3) is 0 Å². The molecule has 0 saturated carbocycles. The predicted octanol–water partition coefficient (Wildman–Crippen LogP) is 3.87. The Morgan fingerprint density at radius 3 is 2.07 bits per heavy atom. The molecule has 0 radical (unpaired) electrons. The first-order chi connectivity index (χ1) is 6.60. The highest BCUT2D eigenvalue weighted by molar-refractivity contribution is 5.32. The van der Waals surface area contributed by atoms with Crippen molar-refractivity contribution in [3.05, 3.63) is 23.4 Å². The molecule has 0 spiro atoms. The quantitative estimate of drug-likeness (QED) is 0.641. The molecule has 0 aliphatic heterocycles. The summed E-state index contributed by atoms with van der Waals surface area (Å²) in [5.41, 5.74) is 8.94. The summed E-state index contributed by atoms with van der Waals surface area (Å²) in [5.74, 6) is 0.566. The molecule has 0 saturated heterocycles. The minimum atomic E-state index is 0.203. The van der Waals surface area contributed by atoms with Crippen LogP contribution in [0.2, 0.25) is 0 Å². The first-order valence-corrected chi connectivity index (χ1v) is 5.79. The lowest BCUT2D eigenvalue weighted by Crippen LogP contribution is -2.25. The van der Waals surface area contributed by atoms with E-state index in [1.165, 1.54) is 5.57 Å². The fourth-order valence-electron chi connectivity index (χ4n) is 1.86. The third-order valence-corrected chi connectivity index (χ3v) is 3.16. The summed E-state index contributed by atoms with van der Waals surface area (Å²) in [4.78, 5) is 0. The van der Waals surface area contributed by atoms with Gasteiger partial charge in [0.2, 0.25) is 0 Å². The molecule has 1 nitrogen and oxygen atoms in total. The van der Waals surface area contributed by atoms with Crippen LogP contribution in [-0.2, 0) is 0 Å². The summed E-state index contributed by atoms with van der Waals surface area (Å²) >= 11 is 0. The molecule has 1 atom stereocenters. The first kappa shape index (κ1) is 12.4. The lowest BCUT2D eigenvalue weighted by Gasteiger charge is -2.34. The maximum absolute atomic E-state index is 6.03. The molecule has 0 fully saturated rings. The maximum Gasteiger partial charge on any atom is 0.00894 e. The van der Waals surface area contributed by atoms with Crippen molar-refractivity contribution in [3.8, 4) is 0 Å². The highest BCUT2D eigenvalue weighted by Gasteiger charge is 2.28. The molecule has 1 aliphatic carbocycles.